The van der Waals surface area contributed by atoms with Gasteiger partial charge in [0, 0.05) is 28.3 Å². The third-order valence-corrected chi connectivity index (χ3v) is 8.62. The summed E-state index contributed by atoms with van der Waals surface area (Å²) in [6.07, 6.45) is 1.18. The summed E-state index contributed by atoms with van der Waals surface area (Å²) in [4.78, 5) is 22.8. The molecule has 0 spiro atoms. The van der Waals surface area contributed by atoms with Crippen LogP contribution >= 0.6 is 22.9 Å². The number of Topliss-reactive ketones (excluding diaryl/α,β-unsaturated/α-hetero) is 1. The first-order valence-corrected chi connectivity index (χ1v) is 15.1. The highest BCUT2D eigenvalue weighted by Gasteiger charge is 2.30. The molecule has 0 unspecified atom stereocenters. The number of ether oxygens (including phenoxy) is 1. The molecule has 0 saturated carbocycles. The summed E-state index contributed by atoms with van der Waals surface area (Å²) in [5.41, 5.74) is 8.37. The first-order chi connectivity index (χ1) is 20.1. The number of halogens is 1. The molecule has 0 bridgehead atoms. The Morgan fingerprint density at radius 3 is 2.38 bits per heavy atom. The summed E-state index contributed by atoms with van der Waals surface area (Å²) in [5.74, 6) is -0.0381. The smallest absolute Gasteiger partial charge is 0.163 e. The number of ketones is 1. The van der Waals surface area contributed by atoms with E-state index >= 15 is 0 Å². The van der Waals surface area contributed by atoms with Crippen molar-refractivity contribution in [2.24, 2.45) is 0 Å². The van der Waals surface area contributed by atoms with Gasteiger partial charge in [0.25, 0.3) is 0 Å². The molecule has 0 aliphatic rings. The van der Waals surface area contributed by atoms with E-state index in [1.807, 2.05) is 64.4 Å². The van der Waals surface area contributed by atoms with Crippen LogP contribution in [0.25, 0.3) is 42.9 Å². The molecule has 2 aromatic heterocycles. The van der Waals surface area contributed by atoms with Crippen molar-refractivity contribution in [3.8, 4) is 21.7 Å². The van der Waals surface area contributed by atoms with Crippen LogP contribution in [0.2, 0.25) is 5.02 Å². The highest BCUT2D eigenvalue weighted by molar-refractivity contribution is 7.22. The minimum Gasteiger partial charge on any atom is -0.360 e. The summed E-state index contributed by atoms with van der Waals surface area (Å²) in [6.45, 7) is 10.3. The van der Waals surface area contributed by atoms with Crippen molar-refractivity contribution in [1.29, 1.82) is 0 Å². The number of rotatable bonds is 7. The van der Waals surface area contributed by atoms with Gasteiger partial charge in [-0.05, 0) is 87.7 Å². The van der Waals surface area contributed by atoms with Crippen molar-refractivity contribution in [2.75, 3.05) is 0 Å². The number of aryl methyl sites for hydroxylation is 1. The molecule has 212 valence electrons. The summed E-state index contributed by atoms with van der Waals surface area (Å²) >= 11 is 7.89. The number of carbonyl (C=O) groups is 1. The third kappa shape index (κ3) is 5.62. The summed E-state index contributed by atoms with van der Waals surface area (Å²) < 4.78 is 9.55. The Morgan fingerprint density at radius 1 is 0.976 bits per heavy atom. The first-order valence-electron chi connectivity index (χ1n) is 13.9. The second-order valence-corrected chi connectivity index (χ2v) is 13.1. The normalized spacial score (nSPS) is 12.7. The van der Waals surface area contributed by atoms with E-state index in [1.165, 1.54) is 5.56 Å². The lowest BCUT2D eigenvalue weighted by Gasteiger charge is -2.29. The fourth-order valence-corrected chi connectivity index (χ4v) is 6.62. The summed E-state index contributed by atoms with van der Waals surface area (Å²) in [6, 6.07) is 26.5. The van der Waals surface area contributed by atoms with Crippen LogP contribution in [0.1, 0.15) is 50.5 Å². The van der Waals surface area contributed by atoms with Crippen LogP contribution in [0.4, 0.5) is 0 Å². The van der Waals surface area contributed by atoms with Crippen molar-refractivity contribution < 1.29 is 9.53 Å². The van der Waals surface area contributed by atoms with Gasteiger partial charge in [-0.1, -0.05) is 54.1 Å². The highest BCUT2D eigenvalue weighted by atomic mass is 35.5. The van der Waals surface area contributed by atoms with Gasteiger partial charge in [0.1, 0.15) is 11.1 Å². The second-order valence-electron chi connectivity index (χ2n) is 11.6. The topological polar surface area (TPSA) is 57.0 Å². The van der Waals surface area contributed by atoms with Gasteiger partial charge in [-0.3, -0.25) is 4.79 Å². The van der Waals surface area contributed by atoms with Crippen LogP contribution in [0.5, 0.6) is 0 Å². The molecule has 6 aromatic rings. The van der Waals surface area contributed by atoms with Crippen molar-refractivity contribution >= 4 is 50.0 Å². The molecule has 1 atom stereocenters. The third-order valence-electron chi connectivity index (χ3n) is 7.23. The lowest BCUT2D eigenvalue weighted by Crippen LogP contribution is -2.27. The Balaban J connectivity index is 1.49. The second kappa shape index (κ2) is 11.1. The maximum atomic E-state index is 13.0. The van der Waals surface area contributed by atoms with E-state index in [-0.39, 0.29) is 5.78 Å². The van der Waals surface area contributed by atoms with E-state index < -0.39 is 11.7 Å². The fraction of sp³-hybridized carbons (Fsp3) is 0.229. The number of benzene rings is 4. The van der Waals surface area contributed by atoms with Crippen LogP contribution in [0.15, 0.2) is 85.2 Å². The molecule has 0 aliphatic heterocycles. The van der Waals surface area contributed by atoms with Crippen LogP contribution in [0, 0.1) is 6.92 Å². The standard InChI is InChI=1S/C35H32ClN3O2S/c1-21-17-28-33(31(24-11-14-26(36)15-12-24)30(21)32(22(2)40)41-35(3,4)5)42-34(38-28)25-13-16-29-27(18-25)37-20-39(29)19-23-9-7-6-8-10-23/h6-18,20,32H,19H2,1-5H3/t32-/m1/s1. The number of hydrogen-bond donors (Lipinski definition) is 0. The van der Waals surface area contributed by atoms with Crippen molar-refractivity contribution in [3.05, 3.63) is 107 Å². The molecule has 6 rings (SSSR count). The molecule has 7 heteroatoms. The Kier molecular flexibility index (Phi) is 7.48. The zero-order valence-electron chi connectivity index (χ0n) is 24.3. The van der Waals surface area contributed by atoms with Crippen LogP contribution in [-0.2, 0) is 16.1 Å². The van der Waals surface area contributed by atoms with Gasteiger partial charge < -0.3 is 9.30 Å². The molecule has 0 amide bonds. The van der Waals surface area contributed by atoms with Crippen LogP contribution in [-0.4, -0.2) is 25.9 Å². The van der Waals surface area contributed by atoms with Gasteiger partial charge >= 0.3 is 0 Å². The number of imidazole rings is 1. The van der Waals surface area contributed by atoms with Gasteiger partial charge in [0.05, 0.1) is 33.2 Å². The van der Waals surface area contributed by atoms with Crippen molar-refractivity contribution in [3.63, 3.8) is 0 Å². The average molecular weight is 594 g/mol. The van der Waals surface area contributed by atoms with E-state index in [4.69, 9.17) is 26.3 Å². The maximum absolute atomic E-state index is 13.0. The summed E-state index contributed by atoms with van der Waals surface area (Å²) in [5, 5.41) is 1.55. The van der Waals surface area contributed by atoms with E-state index in [1.54, 1.807) is 18.3 Å². The fourth-order valence-electron chi connectivity index (χ4n) is 5.38. The molecule has 4 aromatic carbocycles. The van der Waals surface area contributed by atoms with E-state index in [0.29, 0.717) is 5.02 Å². The Bertz CT molecular complexity index is 1920. The predicted molar refractivity (Wildman–Crippen MR) is 173 cm³/mol. The van der Waals surface area contributed by atoms with Crippen LogP contribution in [0.3, 0.4) is 0 Å². The van der Waals surface area contributed by atoms with Gasteiger partial charge in [0.2, 0.25) is 0 Å². The number of carbonyl (C=O) groups excluding carboxylic acids is 1. The van der Waals surface area contributed by atoms with Crippen molar-refractivity contribution in [2.45, 2.75) is 52.9 Å². The first kappa shape index (κ1) is 28.3. The largest absolute Gasteiger partial charge is 0.360 e. The molecule has 0 N–H and O–H groups in total. The number of aromatic nitrogens is 3. The van der Waals surface area contributed by atoms with Crippen LogP contribution < -0.4 is 0 Å². The van der Waals surface area contributed by atoms with E-state index in [0.717, 1.165) is 60.6 Å². The Hall–Kier alpha value is -3.84. The molecular formula is C35H32ClN3O2S. The molecular weight excluding hydrogens is 562 g/mol. The quantitative estimate of drug-likeness (QED) is 0.185. The Morgan fingerprint density at radius 2 is 1.69 bits per heavy atom. The zero-order valence-corrected chi connectivity index (χ0v) is 25.9. The predicted octanol–water partition coefficient (Wildman–Crippen LogP) is 9.44. The number of nitrogens with zero attached hydrogens (tertiary/aromatic N) is 3. The molecule has 2 heterocycles. The lowest BCUT2D eigenvalue weighted by atomic mass is 9.90. The molecule has 0 aliphatic carbocycles. The van der Waals surface area contributed by atoms with E-state index in [2.05, 4.69) is 53.1 Å². The zero-order chi connectivity index (χ0) is 29.6. The minimum atomic E-state index is -0.712. The lowest BCUT2D eigenvalue weighted by molar-refractivity contribution is -0.138. The number of thiazole rings is 1. The van der Waals surface area contributed by atoms with Gasteiger partial charge in [-0.25, -0.2) is 9.97 Å². The average Bonchev–Trinajstić information content (AvgIpc) is 3.55. The molecule has 42 heavy (non-hydrogen) atoms. The number of hydrogen-bond acceptors (Lipinski definition) is 5. The highest BCUT2D eigenvalue weighted by Crippen LogP contribution is 2.44. The van der Waals surface area contributed by atoms with Gasteiger partial charge in [0.15, 0.2) is 5.78 Å². The van der Waals surface area contributed by atoms with Gasteiger partial charge in [-0.2, -0.15) is 0 Å². The minimum absolute atomic E-state index is 0.0381. The Labute approximate surface area is 254 Å². The monoisotopic (exact) mass is 593 g/mol. The SMILES string of the molecule is CC(=O)[C@@H](OC(C)(C)C)c1c(C)cc2nc(-c3ccc4c(c3)ncn4Cc3ccccc3)sc2c1-c1ccc(Cl)cc1. The van der Waals surface area contributed by atoms with Crippen molar-refractivity contribution in [1.82, 2.24) is 14.5 Å². The molecule has 0 saturated heterocycles. The van der Waals surface area contributed by atoms with Gasteiger partial charge in [-0.15, -0.1) is 11.3 Å². The molecule has 5 nitrogen and oxygen atoms in total. The molecule has 0 radical (unpaired) electrons. The maximum Gasteiger partial charge on any atom is 0.163 e. The van der Waals surface area contributed by atoms with E-state index in [9.17, 15) is 4.79 Å². The number of fused-ring (bicyclic) bond motifs is 2. The molecule has 0 fully saturated rings. The summed E-state index contributed by atoms with van der Waals surface area (Å²) in [7, 11) is 0.